The molecular weight excluding hydrogens is 607 g/mol. The third-order valence-corrected chi connectivity index (χ3v) is 9.95. The topological polar surface area (TPSA) is 16.4 Å². The maximum Gasteiger partial charge on any atom is 0.135 e. The van der Waals surface area contributed by atoms with Gasteiger partial charge in [0.1, 0.15) is 11.2 Å². The molecule has 0 bridgehead atoms. The quantitative estimate of drug-likeness (QED) is 0.184. The largest absolute Gasteiger partial charge is 0.456 e. The Hall–Kier alpha value is -5.60. The summed E-state index contributed by atoms with van der Waals surface area (Å²) < 4.78 is 6.30. The average molecular weight is 650 g/mol. The smallest absolute Gasteiger partial charge is 0.135 e. The first kappa shape index (κ1) is 31.7. The molecule has 0 fully saturated rings. The molecule has 0 amide bonds. The van der Waals surface area contributed by atoms with Gasteiger partial charge in [-0.2, -0.15) is 0 Å². The molecule has 2 nitrogen and oxygen atoms in total. The molecule has 0 atom stereocenters. The standard InChI is InChI=1S/C48H43NO/c1-47(2,3)34-28-35(48(4,5)6)30-37(29-34)49(36-26-27-45-42(31-36)40-21-11-13-25-44(40)50-45)43-24-12-10-20-39(43)41-23-15-19-33-18-14-22-38(46(33)41)32-16-8-7-9-17-32/h7-31H,1-6H3. The van der Waals surface area contributed by atoms with Crippen LogP contribution in [0.1, 0.15) is 52.7 Å². The lowest BCUT2D eigenvalue weighted by atomic mass is 9.80. The van der Waals surface area contributed by atoms with Crippen molar-refractivity contribution in [3.63, 3.8) is 0 Å². The molecule has 0 radical (unpaired) electrons. The van der Waals surface area contributed by atoms with E-state index in [0.29, 0.717) is 0 Å². The van der Waals surface area contributed by atoms with E-state index in [-0.39, 0.29) is 10.8 Å². The Morgan fingerprint density at radius 2 is 1.04 bits per heavy atom. The maximum atomic E-state index is 6.30. The van der Waals surface area contributed by atoms with Crippen molar-refractivity contribution in [1.29, 1.82) is 0 Å². The molecule has 0 N–H and O–H groups in total. The number of para-hydroxylation sites is 2. The lowest BCUT2D eigenvalue weighted by Crippen LogP contribution is -2.19. The Bertz CT molecular complexity index is 2470. The van der Waals surface area contributed by atoms with Crippen LogP contribution in [0.25, 0.3) is 55.0 Å². The highest BCUT2D eigenvalue weighted by Gasteiger charge is 2.26. The second kappa shape index (κ2) is 12.1. The summed E-state index contributed by atoms with van der Waals surface area (Å²) in [6.45, 7) is 13.8. The second-order valence-corrected chi connectivity index (χ2v) is 15.5. The van der Waals surface area contributed by atoms with E-state index in [1.807, 2.05) is 6.07 Å². The number of anilines is 3. The lowest BCUT2D eigenvalue weighted by molar-refractivity contribution is 0.569. The van der Waals surface area contributed by atoms with Crippen molar-refractivity contribution in [2.24, 2.45) is 0 Å². The molecule has 50 heavy (non-hydrogen) atoms. The van der Waals surface area contributed by atoms with Gasteiger partial charge in [0.15, 0.2) is 0 Å². The molecule has 0 aliphatic rings. The van der Waals surface area contributed by atoms with Crippen LogP contribution in [0.4, 0.5) is 17.1 Å². The SMILES string of the molecule is CC(C)(C)c1cc(N(c2ccc3oc4ccccc4c3c2)c2ccccc2-c2cccc3cccc(-c4ccccc4)c23)cc(C(C)(C)C)c1. The zero-order valence-electron chi connectivity index (χ0n) is 29.8. The summed E-state index contributed by atoms with van der Waals surface area (Å²) in [4.78, 5) is 2.46. The lowest BCUT2D eigenvalue weighted by Gasteiger charge is -2.32. The minimum absolute atomic E-state index is 0.0356. The molecule has 0 spiro atoms. The third kappa shape index (κ3) is 5.65. The summed E-state index contributed by atoms with van der Waals surface area (Å²) in [5, 5.41) is 4.71. The van der Waals surface area contributed by atoms with E-state index < -0.39 is 0 Å². The Kier molecular flexibility index (Phi) is 7.64. The van der Waals surface area contributed by atoms with Gasteiger partial charge in [0.05, 0.1) is 5.69 Å². The average Bonchev–Trinajstić information content (AvgIpc) is 3.49. The first-order valence-electron chi connectivity index (χ1n) is 17.6. The molecule has 0 unspecified atom stereocenters. The van der Waals surface area contributed by atoms with E-state index in [4.69, 9.17) is 4.42 Å². The van der Waals surface area contributed by atoms with Crippen molar-refractivity contribution in [3.05, 3.63) is 163 Å². The van der Waals surface area contributed by atoms with Gasteiger partial charge in [-0.25, -0.2) is 0 Å². The Labute approximate surface area is 295 Å². The summed E-state index contributed by atoms with van der Waals surface area (Å²) in [6.07, 6.45) is 0. The Balaban J connectivity index is 1.44. The minimum Gasteiger partial charge on any atom is -0.456 e. The zero-order chi connectivity index (χ0) is 34.6. The van der Waals surface area contributed by atoms with Crippen LogP contribution in [-0.4, -0.2) is 0 Å². The van der Waals surface area contributed by atoms with Gasteiger partial charge < -0.3 is 9.32 Å². The van der Waals surface area contributed by atoms with Crippen LogP contribution >= 0.6 is 0 Å². The van der Waals surface area contributed by atoms with Crippen molar-refractivity contribution < 1.29 is 4.42 Å². The summed E-state index contributed by atoms with van der Waals surface area (Å²) in [5.74, 6) is 0. The summed E-state index contributed by atoms with van der Waals surface area (Å²) >= 11 is 0. The van der Waals surface area contributed by atoms with Crippen molar-refractivity contribution in [2.45, 2.75) is 52.4 Å². The molecule has 0 aliphatic heterocycles. The number of furan rings is 1. The van der Waals surface area contributed by atoms with Gasteiger partial charge in [0.25, 0.3) is 0 Å². The molecule has 7 aromatic carbocycles. The monoisotopic (exact) mass is 649 g/mol. The molecule has 0 saturated heterocycles. The minimum atomic E-state index is -0.0356. The van der Waals surface area contributed by atoms with Crippen molar-refractivity contribution >= 4 is 49.8 Å². The van der Waals surface area contributed by atoms with Crippen LogP contribution in [-0.2, 0) is 10.8 Å². The Morgan fingerprint density at radius 3 is 1.76 bits per heavy atom. The van der Waals surface area contributed by atoms with E-state index in [1.54, 1.807) is 0 Å². The van der Waals surface area contributed by atoms with Gasteiger partial charge in [-0.3, -0.25) is 0 Å². The fraction of sp³-hybridized carbons (Fsp3) is 0.167. The molecule has 2 heteroatoms. The second-order valence-electron chi connectivity index (χ2n) is 15.5. The van der Waals surface area contributed by atoms with E-state index in [1.165, 1.54) is 44.2 Å². The van der Waals surface area contributed by atoms with Gasteiger partial charge in [-0.15, -0.1) is 0 Å². The van der Waals surface area contributed by atoms with Crippen molar-refractivity contribution in [2.75, 3.05) is 4.90 Å². The van der Waals surface area contributed by atoms with E-state index in [2.05, 4.69) is 192 Å². The molecule has 8 rings (SSSR count). The molecule has 246 valence electrons. The molecule has 0 saturated carbocycles. The summed E-state index contributed by atoms with van der Waals surface area (Å²) in [5.41, 5.74) is 12.5. The fourth-order valence-electron chi connectivity index (χ4n) is 7.21. The first-order chi connectivity index (χ1) is 24.1. The van der Waals surface area contributed by atoms with E-state index in [0.717, 1.165) is 39.0 Å². The summed E-state index contributed by atoms with van der Waals surface area (Å²) in [7, 11) is 0. The van der Waals surface area contributed by atoms with Crippen LogP contribution < -0.4 is 4.90 Å². The van der Waals surface area contributed by atoms with Gasteiger partial charge in [0, 0.05) is 27.7 Å². The molecule has 1 aromatic heterocycles. The predicted molar refractivity (Wildman–Crippen MR) is 214 cm³/mol. The molecule has 0 aliphatic carbocycles. The van der Waals surface area contributed by atoms with Gasteiger partial charge in [-0.05, 0) is 91.9 Å². The van der Waals surface area contributed by atoms with Crippen molar-refractivity contribution in [3.8, 4) is 22.3 Å². The highest BCUT2D eigenvalue weighted by Crippen LogP contribution is 2.47. The van der Waals surface area contributed by atoms with Crippen LogP contribution in [0.5, 0.6) is 0 Å². The number of rotatable bonds is 5. The molecule has 1 heterocycles. The third-order valence-electron chi connectivity index (χ3n) is 9.95. The van der Waals surface area contributed by atoms with Crippen LogP contribution in [0, 0.1) is 0 Å². The highest BCUT2D eigenvalue weighted by molar-refractivity contribution is 6.10. The van der Waals surface area contributed by atoms with Gasteiger partial charge in [-0.1, -0.05) is 151 Å². The number of nitrogens with zero attached hydrogens (tertiary/aromatic N) is 1. The maximum absolute atomic E-state index is 6.30. The molecule has 8 aromatic rings. The first-order valence-corrected chi connectivity index (χ1v) is 17.6. The number of hydrogen-bond donors (Lipinski definition) is 0. The highest BCUT2D eigenvalue weighted by atomic mass is 16.3. The number of hydrogen-bond acceptors (Lipinski definition) is 2. The zero-order valence-corrected chi connectivity index (χ0v) is 29.8. The van der Waals surface area contributed by atoms with Crippen molar-refractivity contribution in [1.82, 2.24) is 0 Å². The normalized spacial score (nSPS) is 12.2. The van der Waals surface area contributed by atoms with E-state index >= 15 is 0 Å². The molecular formula is C48H43NO. The number of fused-ring (bicyclic) bond motifs is 4. The predicted octanol–water partition coefficient (Wildman–Crippen LogP) is 14.1. The van der Waals surface area contributed by atoms with Gasteiger partial charge >= 0.3 is 0 Å². The van der Waals surface area contributed by atoms with Crippen LogP contribution in [0.15, 0.2) is 156 Å². The summed E-state index contributed by atoms with van der Waals surface area (Å²) in [6, 6.07) is 55.1. The Morgan fingerprint density at radius 1 is 0.440 bits per heavy atom. The van der Waals surface area contributed by atoms with E-state index in [9.17, 15) is 0 Å². The van der Waals surface area contributed by atoms with Crippen LogP contribution in [0.2, 0.25) is 0 Å². The fourth-order valence-corrected chi connectivity index (χ4v) is 7.21. The number of benzene rings is 7. The van der Waals surface area contributed by atoms with Crippen LogP contribution in [0.3, 0.4) is 0 Å². The van der Waals surface area contributed by atoms with Gasteiger partial charge in [0.2, 0.25) is 0 Å².